The molecule has 1 spiro atoms. The van der Waals surface area contributed by atoms with Gasteiger partial charge in [0.2, 0.25) is 15.9 Å². The molecule has 0 aromatic heterocycles. The van der Waals surface area contributed by atoms with Crippen molar-refractivity contribution in [2.24, 2.45) is 0 Å². The second kappa shape index (κ2) is 6.09. The van der Waals surface area contributed by atoms with Gasteiger partial charge in [0.15, 0.2) is 0 Å². The first-order valence-electron chi connectivity index (χ1n) is 9.10. The lowest BCUT2D eigenvalue weighted by Gasteiger charge is -2.64. The van der Waals surface area contributed by atoms with Gasteiger partial charge in [0.25, 0.3) is 0 Å². The summed E-state index contributed by atoms with van der Waals surface area (Å²) in [6, 6.07) is 0.299. The van der Waals surface area contributed by atoms with Gasteiger partial charge in [0.05, 0.1) is 25.0 Å². The Balaban J connectivity index is 1.47. The van der Waals surface area contributed by atoms with Crippen LogP contribution in [0.4, 0.5) is 8.78 Å². The van der Waals surface area contributed by atoms with Crippen molar-refractivity contribution in [1.29, 1.82) is 0 Å². The Labute approximate surface area is 148 Å². The van der Waals surface area contributed by atoms with Crippen LogP contribution >= 0.6 is 0 Å². The molecular weight excluding hydrogens is 352 g/mol. The predicted octanol–water partition coefficient (Wildman–Crippen LogP) is 0.595. The fourth-order valence-corrected chi connectivity index (χ4v) is 5.96. The molecule has 0 bridgehead atoms. The van der Waals surface area contributed by atoms with E-state index in [2.05, 4.69) is 9.80 Å². The molecule has 0 radical (unpaired) electrons. The number of hydrogen-bond acceptors (Lipinski definition) is 5. The Morgan fingerprint density at radius 2 is 1.76 bits per heavy atom. The molecule has 4 rings (SSSR count). The second-order valence-corrected chi connectivity index (χ2v) is 10.2. The van der Waals surface area contributed by atoms with Crippen molar-refractivity contribution in [3.63, 3.8) is 0 Å². The van der Waals surface area contributed by atoms with Crippen LogP contribution in [0.3, 0.4) is 0 Å². The molecule has 1 saturated carbocycles. The molecule has 0 aromatic carbocycles. The summed E-state index contributed by atoms with van der Waals surface area (Å²) in [5, 5.41) is 0. The molecule has 4 aliphatic rings. The average molecular weight is 379 g/mol. The number of ether oxygens (including phenoxy) is 1. The maximum atomic E-state index is 13.4. The summed E-state index contributed by atoms with van der Waals surface area (Å²) in [7, 11) is -3.25. The number of fused-ring (bicyclic) bond motifs is 2. The third-order valence-electron chi connectivity index (χ3n) is 6.39. The van der Waals surface area contributed by atoms with Gasteiger partial charge in [-0.25, -0.2) is 17.2 Å². The van der Waals surface area contributed by atoms with Crippen molar-refractivity contribution in [1.82, 2.24) is 14.1 Å². The molecule has 4 fully saturated rings. The molecular formula is C16H27F2N3O3S. The number of sulfonamides is 1. The Hall–Kier alpha value is -0.350. The number of likely N-dealkylation sites (tertiary alicyclic amines) is 1. The van der Waals surface area contributed by atoms with Gasteiger partial charge in [0, 0.05) is 57.6 Å². The standard InChI is InChI=1S/C16H27F2N3O3S/c1-25(22,23)20-8-14-9-24-7-6-21(14)15(12-20)10-19(11-15)13-2-4-16(17,18)5-3-13/h13-14H,2-12H2,1H3. The molecule has 0 amide bonds. The number of alkyl halides is 2. The highest BCUT2D eigenvalue weighted by Crippen LogP contribution is 2.42. The molecule has 3 saturated heterocycles. The van der Waals surface area contributed by atoms with Gasteiger partial charge in [-0.15, -0.1) is 0 Å². The molecule has 6 nitrogen and oxygen atoms in total. The highest BCUT2D eigenvalue weighted by atomic mass is 32.2. The van der Waals surface area contributed by atoms with Gasteiger partial charge in [-0.3, -0.25) is 9.80 Å². The summed E-state index contributed by atoms with van der Waals surface area (Å²) in [4.78, 5) is 4.71. The zero-order chi connectivity index (χ0) is 17.9. The molecule has 3 aliphatic heterocycles. The lowest BCUT2D eigenvalue weighted by Crippen LogP contribution is -2.81. The van der Waals surface area contributed by atoms with E-state index in [0.29, 0.717) is 39.1 Å². The summed E-state index contributed by atoms with van der Waals surface area (Å²) in [6.07, 6.45) is 2.27. The molecule has 9 heteroatoms. The lowest BCUT2D eigenvalue weighted by atomic mass is 9.80. The highest BCUT2D eigenvalue weighted by molar-refractivity contribution is 7.88. The summed E-state index contributed by atoms with van der Waals surface area (Å²) in [6.45, 7) is 4.57. The van der Waals surface area contributed by atoms with E-state index in [0.717, 1.165) is 19.6 Å². The molecule has 0 N–H and O–H groups in total. The van der Waals surface area contributed by atoms with Crippen molar-refractivity contribution < 1.29 is 21.9 Å². The quantitative estimate of drug-likeness (QED) is 0.703. The smallest absolute Gasteiger partial charge is 0.248 e. The van der Waals surface area contributed by atoms with E-state index in [-0.39, 0.29) is 30.5 Å². The van der Waals surface area contributed by atoms with E-state index in [1.807, 2.05) is 0 Å². The summed E-state index contributed by atoms with van der Waals surface area (Å²) in [5.41, 5.74) is -0.185. The number of nitrogens with zero attached hydrogens (tertiary/aromatic N) is 3. The summed E-state index contributed by atoms with van der Waals surface area (Å²) < 4.78 is 58.2. The third kappa shape index (κ3) is 3.34. The van der Waals surface area contributed by atoms with Gasteiger partial charge in [-0.05, 0) is 12.8 Å². The van der Waals surface area contributed by atoms with E-state index < -0.39 is 15.9 Å². The van der Waals surface area contributed by atoms with Crippen molar-refractivity contribution >= 4 is 10.0 Å². The molecule has 1 atom stereocenters. The second-order valence-electron chi connectivity index (χ2n) is 8.19. The SMILES string of the molecule is CS(=O)(=O)N1CC2COCCN2C2(CN(C3CCC(F)(F)CC3)C2)C1. The minimum absolute atomic E-state index is 0.0309. The van der Waals surface area contributed by atoms with Crippen LogP contribution in [0.5, 0.6) is 0 Å². The summed E-state index contributed by atoms with van der Waals surface area (Å²) in [5.74, 6) is -2.51. The normalized spacial score (nSPS) is 34.6. The zero-order valence-electron chi connectivity index (χ0n) is 14.7. The van der Waals surface area contributed by atoms with Crippen LogP contribution < -0.4 is 0 Å². The van der Waals surface area contributed by atoms with Crippen LogP contribution in [0.25, 0.3) is 0 Å². The number of piperazine rings is 1. The van der Waals surface area contributed by atoms with E-state index in [4.69, 9.17) is 4.74 Å². The third-order valence-corrected chi connectivity index (χ3v) is 7.60. The zero-order valence-corrected chi connectivity index (χ0v) is 15.5. The average Bonchev–Trinajstić information content (AvgIpc) is 2.51. The van der Waals surface area contributed by atoms with Crippen LogP contribution in [0.15, 0.2) is 0 Å². The number of morpholine rings is 1. The maximum absolute atomic E-state index is 13.4. The van der Waals surface area contributed by atoms with E-state index in [1.165, 1.54) is 6.26 Å². The lowest BCUT2D eigenvalue weighted by molar-refractivity contribution is -0.168. The van der Waals surface area contributed by atoms with Crippen molar-refractivity contribution in [2.75, 3.05) is 52.2 Å². The van der Waals surface area contributed by atoms with Crippen molar-refractivity contribution in [2.45, 2.75) is 49.2 Å². The molecule has 3 heterocycles. The van der Waals surface area contributed by atoms with E-state index >= 15 is 0 Å². The van der Waals surface area contributed by atoms with Gasteiger partial charge in [-0.1, -0.05) is 0 Å². The highest BCUT2D eigenvalue weighted by Gasteiger charge is 2.57. The van der Waals surface area contributed by atoms with Gasteiger partial charge >= 0.3 is 0 Å². The van der Waals surface area contributed by atoms with Crippen LogP contribution in [0.1, 0.15) is 25.7 Å². The Morgan fingerprint density at radius 1 is 1.08 bits per heavy atom. The predicted molar refractivity (Wildman–Crippen MR) is 89.2 cm³/mol. The topological polar surface area (TPSA) is 53.1 Å². The molecule has 144 valence electrons. The number of halogens is 2. The minimum Gasteiger partial charge on any atom is -0.378 e. The van der Waals surface area contributed by atoms with Gasteiger partial charge in [0.1, 0.15) is 0 Å². The fourth-order valence-electron chi connectivity index (χ4n) is 5.04. The number of rotatable bonds is 2. The van der Waals surface area contributed by atoms with Crippen molar-refractivity contribution in [3.05, 3.63) is 0 Å². The Bertz CT molecular complexity index is 614. The van der Waals surface area contributed by atoms with Gasteiger partial charge in [-0.2, -0.15) is 4.31 Å². The first-order chi connectivity index (χ1) is 11.7. The van der Waals surface area contributed by atoms with Crippen LogP contribution in [0.2, 0.25) is 0 Å². The minimum atomic E-state index is -3.25. The molecule has 25 heavy (non-hydrogen) atoms. The van der Waals surface area contributed by atoms with Gasteiger partial charge < -0.3 is 4.74 Å². The van der Waals surface area contributed by atoms with Crippen molar-refractivity contribution in [3.8, 4) is 0 Å². The largest absolute Gasteiger partial charge is 0.378 e. The Morgan fingerprint density at radius 3 is 2.40 bits per heavy atom. The van der Waals surface area contributed by atoms with Crippen LogP contribution in [-0.2, 0) is 14.8 Å². The monoisotopic (exact) mass is 379 g/mol. The molecule has 1 aliphatic carbocycles. The summed E-state index contributed by atoms with van der Waals surface area (Å²) >= 11 is 0. The first kappa shape index (κ1) is 18.0. The first-order valence-corrected chi connectivity index (χ1v) is 10.9. The van der Waals surface area contributed by atoms with E-state index in [9.17, 15) is 17.2 Å². The molecule has 1 unspecified atom stereocenters. The Kier molecular flexibility index (Phi) is 4.39. The van der Waals surface area contributed by atoms with Crippen LogP contribution in [-0.4, -0.2) is 98.3 Å². The van der Waals surface area contributed by atoms with Crippen LogP contribution in [0, 0.1) is 0 Å². The van der Waals surface area contributed by atoms with E-state index in [1.54, 1.807) is 4.31 Å². The number of hydrogen-bond donors (Lipinski definition) is 0. The maximum Gasteiger partial charge on any atom is 0.248 e. The molecule has 0 aromatic rings. The fraction of sp³-hybridized carbons (Fsp3) is 1.00.